The molecule has 28 heavy (non-hydrogen) atoms. The van der Waals surface area contributed by atoms with Gasteiger partial charge in [0.1, 0.15) is 5.75 Å². The van der Waals surface area contributed by atoms with Gasteiger partial charge in [-0.2, -0.15) is 15.0 Å². The molecule has 0 bridgehead atoms. The van der Waals surface area contributed by atoms with E-state index in [4.69, 9.17) is 19.2 Å². The van der Waals surface area contributed by atoms with Crippen LogP contribution in [0.15, 0.2) is 24.3 Å². The predicted octanol–water partition coefficient (Wildman–Crippen LogP) is -1.70. The number of benzene rings is 1. The summed E-state index contributed by atoms with van der Waals surface area (Å²) in [4.78, 5) is 18.3. The third-order valence-electron chi connectivity index (χ3n) is 4.55. The molecule has 0 atom stereocenters. The Labute approximate surface area is 170 Å². The van der Waals surface area contributed by atoms with E-state index in [-0.39, 0.29) is 12.4 Å². The Hall–Kier alpha value is -2.36. The number of aromatic nitrogens is 3. The Kier molecular flexibility index (Phi) is 7.07. The van der Waals surface area contributed by atoms with Gasteiger partial charge in [0.15, 0.2) is 0 Å². The Morgan fingerprint density at radius 2 is 1.39 bits per heavy atom. The second-order valence-corrected chi connectivity index (χ2v) is 6.28. The van der Waals surface area contributed by atoms with Crippen LogP contribution < -0.4 is 32.3 Å². The molecule has 1 aromatic carbocycles. The van der Waals surface area contributed by atoms with Gasteiger partial charge < -0.3 is 41.7 Å². The molecular weight excluding hydrogens is 384 g/mol. The summed E-state index contributed by atoms with van der Waals surface area (Å²) >= 11 is 0. The monoisotopic (exact) mass is 407 g/mol. The number of hydrogen-bond donors (Lipinski definition) is 1. The first-order valence-corrected chi connectivity index (χ1v) is 9.15. The second-order valence-electron chi connectivity index (χ2n) is 6.28. The minimum absolute atomic E-state index is 0. The molecule has 0 amide bonds. The third-order valence-corrected chi connectivity index (χ3v) is 4.55. The van der Waals surface area contributed by atoms with Crippen LogP contribution in [0.25, 0.3) is 0 Å². The SMILES string of the molecule is COc1ccccc1Nc1nc(N2CCOCC2)nc(N2CCOCC2)n1.[Cl-]. The Bertz CT molecular complexity index is 732. The van der Waals surface area contributed by atoms with E-state index in [2.05, 4.69) is 25.1 Å². The predicted molar refractivity (Wildman–Crippen MR) is 102 cm³/mol. The van der Waals surface area contributed by atoms with Crippen LogP contribution in [0.2, 0.25) is 0 Å². The van der Waals surface area contributed by atoms with Crippen molar-refractivity contribution in [2.24, 2.45) is 0 Å². The summed E-state index contributed by atoms with van der Waals surface area (Å²) in [5.74, 6) is 2.55. The van der Waals surface area contributed by atoms with E-state index in [1.165, 1.54) is 0 Å². The molecule has 0 saturated carbocycles. The summed E-state index contributed by atoms with van der Waals surface area (Å²) in [6.45, 7) is 5.76. The van der Waals surface area contributed by atoms with Crippen molar-refractivity contribution in [3.63, 3.8) is 0 Å². The van der Waals surface area contributed by atoms with Crippen LogP contribution in [-0.2, 0) is 9.47 Å². The topological polar surface area (TPSA) is 84.9 Å². The Morgan fingerprint density at radius 3 is 1.93 bits per heavy atom. The Morgan fingerprint density at radius 1 is 0.857 bits per heavy atom. The zero-order valence-corrected chi connectivity index (χ0v) is 16.6. The first kappa shape index (κ1) is 20.4. The lowest BCUT2D eigenvalue weighted by Crippen LogP contribution is -3.00. The fourth-order valence-electron chi connectivity index (χ4n) is 3.09. The van der Waals surface area contributed by atoms with Crippen LogP contribution in [0.1, 0.15) is 0 Å². The largest absolute Gasteiger partial charge is 1.00 e. The molecule has 2 aromatic rings. The lowest BCUT2D eigenvalue weighted by atomic mass is 10.3. The zero-order valence-electron chi connectivity index (χ0n) is 15.8. The van der Waals surface area contributed by atoms with Crippen molar-refractivity contribution in [2.75, 3.05) is 74.8 Å². The molecule has 152 valence electrons. The van der Waals surface area contributed by atoms with Crippen molar-refractivity contribution in [1.82, 2.24) is 15.0 Å². The summed E-state index contributed by atoms with van der Waals surface area (Å²) in [6.07, 6.45) is 0. The standard InChI is InChI=1S/C18H24N6O3.ClH/c1-25-15-5-3-2-4-14(15)19-16-20-17(23-6-10-26-11-7-23)22-18(21-16)24-8-12-27-13-9-24;/h2-5H,6-13H2,1H3,(H,19,20,21,22);1H/p-1. The van der Waals surface area contributed by atoms with Gasteiger partial charge in [-0.3, -0.25) is 0 Å². The van der Waals surface area contributed by atoms with Crippen LogP contribution in [0.5, 0.6) is 5.75 Å². The smallest absolute Gasteiger partial charge is 0.233 e. The van der Waals surface area contributed by atoms with E-state index in [9.17, 15) is 0 Å². The summed E-state index contributed by atoms with van der Waals surface area (Å²) < 4.78 is 16.3. The van der Waals surface area contributed by atoms with Gasteiger partial charge in [0, 0.05) is 26.2 Å². The fourth-order valence-corrected chi connectivity index (χ4v) is 3.09. The highest BCUT2D eigenvalue weighted by Gasteiger charge is 2.21. The van der Waals surface area contributed by atoms with Crippen LogP contribution >= 0.6 is 0 Å². The molecule has 2 saturated heterocycles. The number of rotatable bonds is 5. The highest BCUT2D eigenvalue weighted by molar-refractivity contribution is 5.63. The fraction of sp³-hybridized carbons (Fsp3) is 0.500. The van der Waals surface area contributed by atoms with Gasteiger partial charge in [-0.05, 0) is 12.1 Å². The van der Waals surface area contributed by atoms with Gasteiger partial charge in [-0.1, -0.05) is 12.1 Å². The lowest BCUT2D eigenvalue weighted by molar-refractivity contribution is -0.00000744. The van der Waals surface area contributed by atoms with Gasteiger partial charge in [0.25, 0.3) is 0 Å². The summed E-state index contributed by atoms with van der Waals surface area (Å²) in [5, 5.41) is 3.28. The number of ether oxygens (including phenoxy) is 3. The minimum Gasteiger partial charge on any atom is -1.00 e. The number of methoxy groups -OCH3 is 1. The zero-order chi connectivity index (χ0) is 18.5. The first-order chi connectivity index (χ1) is 13.3. The van der Waals surface area contributed by atoms with E-state index in [0.717, 1.165) is 37.6 Å². The van der Waals surface area contributed by atoms with Gasteiger partial charge in [-0.15, -0.1) is 0 Å². The van der Waals surface area contributed by atoms with Crippen LogP contribution in [0.4, 0.5) is 23.5 Å². The van der Waals surface area contributed by atoms with Crippen molar-refractivity contribution >= 4 is 23.5 Å². The number of halogens is 1. The molecule has 0 spiro atoms. The third kappa shape index (κ3) is 4.73. The number of hydrogen-bond acceptors (Lipinski definition) is 9. The maximum Gasteiger partial charge on any atom is 0.233 e. The first-order valence-electron chi connectivity index (χ1n) is 9.15. The van der Waals surface area contributed by atoms with Gasteiger partial charge >= 0.3 is 0 Å². The quantitative estimate of drug-likeness (QED) is 0.623. The van der Waals surface area contributed by atoms with E-state index >= 15 is 0 Å². The minimum atomic E-state index is 0. The molecule has 2 fully saturated rings. The highest BCUT2D eigenvalue weighted by Crippen LogP contribution is 2.27. The second kappa shape index (κ2) is 9.72. The summed E-state index contributed by atoms with van der Waals surface area (Å²) in [7, 11) is 1.65. The Balaban J connectivity index is 0.00000225. The molecule has 9 nitrogen and oxygen atoms in total. The molecule has 3 heterocycles. The molecular formula is C18H24ClN6O3-. The van der Waals surface area contributed by atoms with Crippen molar-refractivity contribution < 1.29 is 26.6 Å². The van der Waals surface area contributed by atoms with Gasteiger partial charge in [-0.25, -0.2) is 0 Å². The lowest BCUT2D eigenvalue weighted by Gasteiger charge is -2.30. The molecule has 4 rings (SSSR count). The van der Waals surface area contributed by atoms with Crippen LogP contribution in [0.3, 0.4) is 0 Å². The maximum absolute atomic E-state index is 5.45. The normalized spacial score (nSPS) is 17.0. The van der Waals surface area contributed by atoms with E-state index in [1.807, 2.05) is 24.3 Å². The number of morpholine rings is 2. The number of para-hydroxylation sites is 2. The van der Waals surface area contributed by atoms with E-state index in [0.29, 0.717) is 44.3 Å². The summed E-state index contributed by atoms with van der Waals surface area (Å²) in [6, 6.07) is 7.70. The number of nitrogens with zero attached hydrogens (tertiary/aromatic N) is 5. The van der Waals surface area contributed by atoms with Crippen LogP contribution in [-0.4, -0.2) is 74.7 Å². The number of nitrogens with one attached hydrogen (secondary N) is 1. The van der Waals surface area contributed by atoms with Gasteiger partial charge in [0.05, 0.1) is 39.2 Å². The molecule has 2 aliphatic rings. The average molecular weight is 408 g/mol. The maximum atomic E-state index is 5.45. The van der Waals surface area contributed by atoms with Crippen molar-refractivity contribution in [1.29, 1.82) is 0 Å². The van der Waals surface area contributed by atoms with E-state index in [1.54, 1.807) is 7.11 Å². The van der Waals surface area contributed by atoms with Crippen LogP contribution in [0, 0.1) is 0 Å². The average Bonchev–Trinajstić information content (AvgIpc) is 2.75. The molecule has 0 aliphatic carbocycles. The highest BCUT2D eigenvalue weighted by atomic mass is 35.5. The van der Waals surface area contributed by atoms with Crippen molar-refractivity contribution in [2.45, 2.75) is 0 Å². The van der Waals surface area contributed by atoms with Gasteiger partial charge in [0.2, 0.25) is 17.8 Å². The summed E-state index contributed by atoms with van der Waals surface area (Å²) in [5.41, 5.74) is 0.812. The molecule has 0 unspecified atom stereocenters. The molecule has 1 aromatic heterocycles. The molecule has 2 aliphatic heterocycles. The van der Waals surface area contributed by atoms with Crippen molar-refractivity contribution in [3.8, 4) is 5.75 Å². The number of anilines is 4. The molecule has 10 heteroatoms. The van der Waals surface area contributed by atoms with Crippen molar-refractivity contribution in [3.05, 3.63) is 24.3 Å². The molecule has 1 N–H and O–H groups in total. The van der Waals surface area contributed by atoms with E-state index < -0.39 is 0 Å². The molecule has 0 radical (unpaired) electrons.